The Hall–Kier alpha value is -2.08. The van der Waals surface area contributed by atoms with Crippen molar-refractivity contribution in [1.82, 2.24) is 0 Å². The Balaban J connectivity index is 1.59. The molecule has 0 aromatic heterocycles. The molecule has 0 aliphatic heterocycles. The van der Waals surface area contributed by atoms with Crippen LogP contribution in [-0.4, -0.2) is 0 Å². The number of benzene rings is 2. The SMILES string of the molecule is CC(C)C1(C2c3ccc(C(C)(C)C)cc3-c3cc(C(C)(C)C)ccc32)CC(C2CCCCC2)C2=C1C=C(C(C)(C)C)C2. The predicted molar refractivity (Wildman–Crippen MR) is 182 cm³/mol. The minimum Gasteiger partial charge on any atom is -0.0619 e. The second-order valence-corrected chi connectivity index (χ2v) is 18.0. The van der Waals surface area contributed by atoms with E-state index in [1.807, 2.05) is 5.57 Å². The van der Waals surface area contributed by atoms with Gasteiger partial charge in [-0.2, -0.15) is 0 Å². The highest BCUT2D eigenvalue weighted by Crippen LogP contribution is 2.69. The maximum atomic E-state index is 2.74. The molecule has 0 amide bonds. The first-order chi connectivity index (χ1) is 19.5. The number of hydrogen-bond acceptors (Lipinski definition) is 0. The largest absolute Gasteiger partial charge is 0.0619 e. The highest BCUT2D eigenvalue weighted by Gasteiger charge is 2.57. The molecule has 0 heterocycles. The van der Waals surface area contributed by atoms with Crippen LogP contribution in [-0.2, 0) is 10.8 Å². The van der Waals surface area contributed by atoms with Crippen LogP contribution >= 0.6 is 0 Å². The molecule has 0 radical (unpaired) electrons. The fourth-order valence-corrected chi connectivity index (χ4v) is 9.34. The lowest BCUT2D eigenvalue weighted by Crippen LogP contribution is -2.35. The van der Waals surface area contributed by atoms with Crippen molar-refractivity contribution in [2.45, 2.75) is 138 Å². The molecule has 0 heteroatoms. The first kappa shape index (κ1) is 30.0. The number of hydrogen-bond donors (Lipinski definition) is 0. The van der Waals surface area contributed by atoms with E-state index >= 15 is 0 Å². The summed E-state index contributed by atoms with van der Waals surface area (Å²) < 4.78 is 0. The third-order valence-electron chi connectivity index (χ3n) is 12.0. The van der Waals surface area contributed by atoms with Crippen LogP contribution in [0.15, 0.2) is 59.2 Å². The van der Waals surface area contributed by atoms with E-state index < -0.39 is 0 Å². The molecule has 42 heavy (non-hydrogen) atoms. The van der Waals surface area contributed by atoms with Crippen LogP contribution in [0.5, 0.6) is 0 Å². The van der Waals surface area contributed by atoms with Crippen molar-refractivity contribution in [3.8, 4) is 11.1 Å². The van der Waals surface area contributed by atoms with Gasteiger partial charge in [-0.05, 0) is 98.6 Å². The van der Waals surface area contributed by atoms with Crippen LogP contribution in [0.25, 0.3) is 11.1 Å². The zero-order valence-electron chi connectivity index (χ0n) is 28.8. The highest BCUT2D eigenvalue weighted by molar-refractivity contribution is 5.81. The molecule has 0 bridgehead atoms. The van der Waals surface area contributed by atoms with Crippen LogP contribution in [0, 0.1) is 28.6 Å². The lowest BCUT2D eigenvalue weighted by Gasteiger charge is -2.44. The summed E-state index contributed by atoms with van der Waals surface area (Å²) in [7, 11) is 0. The molecule has 226 valence electrons. The Morgan fingerprint density at radius 1 is 0.690 bits per heavy atom. The van der Waals surface area contributed by atoms with Gasteiger partial charge in [0.1, 0.15) is 0 Å². The zero-order valence-corrected chi connectivity index (χ0v) is 28.8. The normalized spacial score (nSPS) is 25.2. The molecule has 2 aromatic rings. The Kier molecular flexibility index (Phi) is 7.11. The molecular formula is C42H58. The Labute approximate surface area is 258 Å². The summed E-state index contributed by atoms with van der Waals surface area (Å²) in [6.07, 6.45) is 12.4. The second kappa shape index (κ2) is 9.97. The standard InChI is InChI=1S/C42H58/c1-26(2)42(25-36(27-15-13-12-14-16-27)35-23-30(24-37(35)42)41(9,10)11)38-31-19-17-28(39(3,4)5)21-33(31)34-22-29(40(6,7)8)18-20-32(34)38/h17-22,24,26-27,36,38H,12-16,23,25H2,1-11H3. The summed E-state index contributed by atoms with van der Waals surface area (Å²) in [6, 6.07) is 15.2. The summed E-state index contributed by atoms with van der Waals surface area (Å²) in [5, 5.41) is 0. The van der Waals surface area contributed by atoms with E-state index in [-0.39, 0.29) is 21.7 Å². The molecule has 4 aliphatic carbocycles. The van der Waals surface area contributed by atoms with Gasteiger partial charge in [0.25, 0.3) is 0 Å². The summed E-state index contributed by atoms with van der Waals surface area (Å²) >= 11 is 0. The van der Waals surface area contributed by atoms with Crippen LogP contribution in [0.2, 0.25) is 0 Å². The smallest absolute Gasteiger partial charge is 0.0201 e. The van der Waals surface area contributed by atoms with Crippen molar-refractivity contribution >= 4 is 0 Å². The maximum absolute atomic E-state index is 2.74. The fraction of sp³-hybridized carbons (Fsp3) is 0.619. The third kappa shape index (κ3) is 4.70. The summed E-state index contributed by atoms with van der Waals surface area (Å²) in [5.41, 5.74) is 15.0. The number of allylic oxidation sites excluding steroid dienone is 4. The van der Waals surface area contributed by atoms with E-state index in [1.54, 1.807) is 22.3 Å². The minimum absolute atomic E-state index is 0.135. The molecule has 2 unspecified atom stereocenters. The summed E-state index contributed by atoms with van der Waals surface area (Å²) in [5.74, 6) is 2.60. The van der Waals surface area contributed by atoms with E-state index in [0.717, 1.165) is 11.8 Å². The van der Waals surface area contributed by atoms with Crippen LogP contribution < -0.4 is 0 Å². The van der Waals surface area contributed by atoms with Crippen molar-refractivity contribution in [3.63, 3.8) is 0 Å². The van der Waals surface area contributed by atoms with Gasteiger partial charge in [0.15, 0.2) is 0 Å². The van der Waals surface area contributed by atoms with E-state index in [9.17, 15) is 0 Å². The lowest BCUT2D eigenvalue weighted by atomic mass is 9.59. The van der Waals surface area contributed by atoms with Gasteiger partial charge in [0.05, 0.1) is 0 Å². The summed E-state index contributed by atoms with van der Waals surface area (Å²) in [6.45, 7) is 26.6. The highest BCUT2D eigenvalue weighted by atomic mass is 14.6. The third-order valence-corrected chi connectivity index (χ3v) is 12.0. The molecule has 6 rings (SSSR count). The average Bonchev–Trinajstić information content (AvgIpc) is 3.57. The van der Waals surface area contributed by atoms with Gasteiger partial charge >= 0.3 is 0 Å². The molecule has 0 saturated heterocycles. The van der Waals surface area contributed by atoms with Crippen molar-refractivity contribution in [1.29, 1.82) is 0 Å². The van der Waals surface area contributed by atoms with Crippen molar-refractivity contribution in [2.75, 3.05) is 0 Å². The molecule has 1 saturated carbocycles. The quantitative estimate of drug-likeness (QED) is 0.349. The van der Waals surface area contributed by atoms with Gasteiger partial charge in [-0.15, -0.1) is 0 Å². The first-order valence-electron chi connectivity index (χ1n) is 17.3. The lowest BCUT2D eigenvalue weighted by molar-refractivity contribution is 0.162. The van der Waals surface area contributed by atoms with Gasteiger partial charge in [0.2, 0.25) is 0 Å². The van der Waals surface area contributed by atoms with Gasteiger partial charge in [-0.1, -0.05) is 149 Å². The molecule has 4 aliphatic rings. The fourth-order valence-electron chi connectivity index (χ4n) is 9.34. The predicted octanol–water partition coefficient (Wildman–Crippen LogP) is 12.3. The zero-order chi connectivity index (χ0) is 30.4. The van der Waals surface area contributed by atoms with Crippen molar-refractivity contribution in [3.05, 3.63) is 81.4 Å². The van der Waals surface area contributed by atoms with Crippen LogP contribution in [0.4, 0.5) is 0 Å². The molecule has 2 atom stereocenters. The Bertz CT molecular complexity index is 1370. The first-order valence-corrected chi connectivity index (χ1v) is 17.3. The van der Waals surface area contributed by atoms with Gasteiger partial charge in [-0.3, -0.25) is 0 Å². The molecule has 0 N–H and O–H groups in total. The van der Waals surface area contributed by atoms with Crippen molar-refractivity contribution < 1.29 is 0 Å². The van der Waals surface area contributed by atoms with E-state index in [4.69, 9.17) is 0 Å². The van der Waals surface area contributed by atoms with Crippen molar-refractivity contribution in [2.24, 2.45) is 28.6 Å². The molecule has 2 aromatic carbocycles. The van der Waals surface area contributed by atoms with Crippen LogP contribution in [0.3, 0.4) is 0 Å². The molecule has 1 fully saturated rings. The molecular weight excluding hydrogens is 504 g/mol. The van der Waals surface area contributed by atoms with E-state index in [0.29, 0.717) is 11.8 Å². The second-order valence-electron chi connectivity index (χ2n) is 18.0. The Morgan fingerprint density at radius 3 is 1.67 bits per heavy atom. The van der Waals surface area contributed by atoms with E-state index in [2.05, 4.69) is 119 Å². The Morgan fingerprint density at radius 2 is 1.21 bits per heavy atom. The monoisotopic (exact) mass is 562 g/mol. The number of fused-ring (bicyclic) bond motifs is 3. The molecule has 0 nitrogen and oxygen atoms in total. The number of rotatable bonds is 3. The van der Waals surface area contributed by atoms with Gasteiger partial charge < -0.3 is 0 Å². The topological polar surface area (TPSA) is 0 Å². The summed E-state index contributed by atoms with van der Waals surface area (Å²) in [4.78, 5) is 0. The molecule has 0 spiro atoms. The van der Waals surface area contributed by atoms with Crippen LogP contribution in [0.1, 0.15) is 149 Å². The average molecular weight is 563 g/mol. The maximum Gasteiger partial charge on any atom is 0.0201 e. The van der Waals surface area contributed by atoms with Gasteiger partial charge in [0, 0.05) is 11.3 Å². The van der Waals surface area contributed by atoms with E-state index in [1.165, 1.54) is 67.2 Å². The minimum atomic E-state index is 0.135. The van der Waals surface area contributed by atoms with Gasteiger partial charge in [-0.25, -0.2) is 0 Å².